The molecule has 0 aromatic rings. The second kappa shape index (κ2) is 4.40. The number of hydrogen-bond donors (Lipinski definition) is 2. The van der Waals surface area contributed by atoms with Gasteiger partial charge in [0, 0.05) is 25.2 Å². The zero-order valence-electron chi connectivity index (χ0n) is 10.00. The van der Waals surface area contributed by atoms with E-state index in [1.165, 1.54) is 32.4 Å². The molecule has 1 saturated heterocycles. The van der Waals surface area contributed by atoms with Crippen LogP contribution in [-0.2, 0) is 0 Å². The van der Waals surface area contributed by atoms with E-state index < -0.39 is 5.60 Å². The van der Waals surface area contributed by atoms with Crippen molar-refractivity contribution in [3.05, 3.63) is 0 Å². The minimum Gasteiger partial charge on any atom is -0.390 e. The Balaban J connectivity index is 1.60. The van der Waals surface area contributed by atoms with Gasteiger partial charge in [0.15, 0.2) is 0 Å². The molecule has 1 saturated carbocycles. The van der Waals surface area contributed by atoms with Crippen LogP contribution in [0.4, 0.5) is 0 Å². The van der Waals surface area contributed by atoms with E-state index in [9.17, 15) is 5.11 Å². The third kappa shape index (κ3) is 3.74. The van der Waals surface area contributed by atoms with Crippen molar-refractivity contribution < 1.29 is 5.11 Å². The maximum atomic E-state index is 9.59. The summed E-state index contributed by atoms with van der Waals surface area (Å²) in [5, 5.41) is 13.1. The lowest BCUT2D eigenvalue weighted by Crippen LogP contribution is -2.36. The Morgan fingerprint density at radius 3 is 2.67 bits per heavy atom. The van der Waals surface area contributed by atoms with E-state index in [0.717, 1.165) is 19.0 Å². The Morgan fingerprint density at radius 2 is 2.07 bits per heavy atom. The minimum absolute atomic E-state index is 0.526. The second-order valence-electron chi connectivity index (χ2n) is 5.73. The van der Waals surface area contributed by atoms with E-state index in [1.807, 2.05) is 13.8 Å². The number of aliphatic hydroxyl groups is 1. The summed E-state index contributed by atoms with van der Waals surface area (Å²) in [6.45, 7) is 7.17. The zero-order chi connectivity index (χ0) is 10.9. The molecule has 88 valence electrons. The lowest BCUT2D eigenvalue weighted by molar-refractivity contribution is 0.0704. The van der Waals surface area contributed by atoms with Crippen molar-refractivity contribution in [3.63, 3.8) is 0 Å². The number of nitrogens with one attached hydrogen (secondary N) is 1. The van der Waals surface area contributed by atoms with E-state index in [4.69, 9.17) is 0 Å². The van der Waals surface area contributed by atoms with Gasteiger partial charge in [-0.3, -0.25) is 4.90 Å². The highest BCUT2D eigenvalue weighted by molar-refractivity contribution is 4.91. The molecule has 2 aliphatic rings. The number of rotatable bonds is 5. The van der Waals surface area contributed by atoms with Gasteiger partial charge in [-0.15, -0.1) is 0 Å². The van der Waals surface area contributed by atoms with Crippen LogP contribution in [0, 0.1) is 0 Å². The Hall–Kier alpha value is -0.120. The van der Waals surface area contributed by atoms with E-state index in [1.54, 1.807) is 0 Å². The molecule has 1 unspecified atom stereocenters. The van der Waals surface area contributed by atoms with Crippen LogP contribution < -0.4 is 5.32 Å². The Bertz CT molecular complexity index is 208. The summed E-state index contributed by atoms with van der Waals surface area (Å²) in [6.07, 6.45) is 4.95. The molecule has 1 atom stereocenters. The molecule has 3 heteroatoms. The largest absolute Gasteiger partial charge is 0.390 e. The molecule has 2 N–H and O–H groups in total. The van der Waals surface area contributed by atoms with Crippen LogP contribution in [0.3, 0.4) is 0 Å². The van der Waals surface area contributed by atoms with Gasteiger partial charge in [0.25, 0.3) is 0 Å². The van der Waals surface area contributed by atoms with E-state index >= 15 is 0 Å². The first kappa shape index (κ1) is 11.4. The van der Waals surface area contributed by atoms with Gasteiger partial charge >= 0.3 is 0 Å². The normalized spacial score (nSPS) is 28.6. The molecular weight excluding hydrogens is 188 g/mol. The lowest BCUT2D eigenvalue weighted by Gasteiger charge is -2.20. The fourth-order valence-electron chi connectivity index (χ4n) is 2.31. The molecule has 1 aliphatic carbocycles. The molecule has 3 nitrogen and oxygen atoms in total. The molecule has 0 amide bonds. The third-order valence-electron chi connectivity index (χ3n) is 3.45. The number of nitrogens with zero attached hydrogens (tertiary/aromatic N) is 1. The summed E-state index contributed by atoms with van der Waals surface area (Å²) in [5.74, 6) is 0. The van der Waals surface area contributed by atoms with Crippen molar-refractivity contribution >= 4 is 0 Å². The van der Waals surface area contributed by atoms with E-state index in [-0.39, 0.29) is 0 Å². The molecule has 15 heavy (non-hydrogen) atoms. The van der Waals surface area contributed by atoms with Crippen LogP contribution in [0.25, 0.3) is 0 Å². The SMILES string of the molecule is CC(C)(O)CCNC1CCN(C2CC2)C1. The van der Waals surface area contributed by atoms with Crippen molar-refractivity contribution in [1.29, 1.82) is 0 Å². The van der Waals surface area contributed by atoms with Gasteiger partial charge in [0.05, 0.1) is 5.60 Å². The highest BCUT2D eigenvalue weighted by Crippen LogP contribution is 2.29. The Morgan fingerprint density at radius 1 is 1.33 bits per heavy atom. The first-order valence-corrected chi connectivity index (χ1v) is 6.24. The van der Waals surface area contributed by atoms with Crippen LogP contribution in [0.15, 0.2) is 0 Å². The standard InChI is InChI=1S/C12H24N2O/c1-12(2,15)6-7-13-10-5-8-14(9-10)11-3-4-11/h10-11,13,15H,3-9H2,1-2H3. The molecule has 0 radical (unpaired) electrons. The molecule has 2 rings (SSSR count). The Kier molecular flexibility index (Phi) is 3.33. The molecule has 0 aromatic heterocycles. The maximum Gasteiger partial charge on any atom is 0.0603 e. The summed E-state index contributed by atoms with van der Waals surface area (Å²) in [4.78, 5) is 2.61. The summed E-state index contributed by atoms with van der Waals surface area (Å²) in [5.41, 5.74) is -0.526. The summed E-state index contributed by atoms with van der Waals surface area (Å²) in [7, 11) is 0. The molecule has 0 aromatic carbocycles. The van der Waals surface area contributed by atoms with Crippen molar-refractivity contribution in [2.45, 2.75) is 57.2 Å². The fraction of sp³-hybridized carbons (Fsp3) is 1.00. The minimum atomic E-state index is -0.526. The topological polar surface area (TPSA) is 35.5 Å². The van der Waals surface area contributed by atoms with Crippen LogP contribution in [0.2, 0.25) is 0 Å². The predicted octanol–water partition coefficient (Wildman–Crippen LogP) is 0.974. The molecular formula is C12H24N2O. The summed E-state index contributed by atoms with van der Waals surface area (Å²) >= 11 is 0. The van der Waals surface area contributed by atoms with Crippen molar-refractivity contribution in [2.75, 3.05) is 19.6 Å². The van der Waals surface area contributed by atoms with Gasteiger partial charge in [-0.05, 0) is 46.1 Å². The molecule has 0 bridgehead atoms. The molecule has 1 heterocycles. The lowest BCUT2D eigenvalue weighted by atomic mass is 10.1. The van der Waals surface area contributed by atoms with Gasteiger partial charge < -0.3 is 10.4 Å². The fourth-order valence-corrected chi connectivity index (χ4v) is 2.31. The van der Waals surface area contributed by atoms with Crippen LogP contribution >= 0.6 is 0 Å². The summed E-state index contributed by atoms with van der Waals surface area (Å²) in [6, 6.07) is 1.57. The van der Waals surface area contributed by atoms with Crippen LogP contribution in [0.1, 0.15) is 39.5 Å². The van der Waals surface area contributed by atoms with Gasteiger partial charge in [0.2, 0.25) is 0 Å². The van der Waals surface area contributed by atoms with Crippen molar-refractivity contribution in [1.82, 2.24) is 10.2 Å². The Labute approximate surface area is 92.8 Å². The number of hydrogen-bond acceptors (Lipinski definition) is 3. The predicted molar refractivity (Wildman–Crippen MR) is 61.9 cm³/mol. The van der Waals surface area contributed by atoms with E-state index in [2.05, 4.69) is 10.2 Å². The second-order valence-corrected chi connectivity index (χ2v) is 5.73. The molecule has 2 fully saturated rings. The maximum absolute atomic E-state index is 9.59. The third-order valence-corrected chi connectivity index (χ3v) is 3.45. The van der Waals surface area contributed by atoms with Crippen LogP contribution in [0.5, 0.6) is 0 Å². The summed E-state index contributed by atoms with van der Waals surface area (Å²) < 4.78 is 0. The van der Waals surface area contributed by atoms with Gasteiger partial charge in [0.1, 0.15) is 0 Å². The molecule has 0 spiro atoms. The quantitative estimate of drug-likeness (QED) is 0.713. The van der Waals surface area contributed by atoms with Gasteiger partial charge in [-0.1, -0.05) is 0 Å². The van der Waals surface area contributed by atoms with Gasteiger partial charge in [-0.25, -0.2) is 0 Å². The smallest absolute Gasteiger partial charge is 0.0603 e. The monoisotopic (exact) mass is 212 g/mol. The molecule has 1 aliphatic heterocycles. The van der Waals surface area contributed by atoms with Crippen molar-refractivity contribution in [2.24, 2.45) is 0 Å². The zero-order valence-corrected chi connectivity index (χ0v) is 10.00. The van der Waals surface area contributed by atoms with Gasteiger partial charge in [-0.2, -0.15) is 0 Å². The number of likely N-dealkylation sites (tertiary alicyclic amines) is 1. The van der Waals surface area contributed by atoms with Crippen LogP contribution in [-0.4, -0.2) is 47.3 Å². The first-order chi connectivity index (χ1) is 7.04. The van der Waals surface area contributed by atoms with Crippen molar-refractivity contribution in [3.8, 4) is 0 Å². The first-order valence-electron chi connectivity index (χ1n) is 6.24. The highest BCUT2D eigenvalue weighted by atomic mass is 16.3. The average molecular weight is 212 g/mol. The van der Waals surface area contributed by atoms with E-state index in [0.29, 0.717) is 6.04 Å². The average Bonchev–Trinajstić information content (AvgIpc) is 2.86. The highest BCUT2D eigenvalue weighted by Gasteiger charge is 2.34.